The molecular weight excluding hydrogens is 390 g/mol. The van der Waals surface area contributed by atoms with E-state index in [1.807, 2.05) is 0 Å². The lowest BCUT2D eigenvalue weighted by molar-refractivity contribution is -0.153. The lowest BCUT2D eigenvalue weighted by atomic mass is 9.96. The number of rotatable bonds is 7. The number of amides is 2. The number of aromatic nitrogens is 3. The monoisotopic (exact) mass is 407 g/mol. The van der Waals surface area contributed by atoms with Crippen LogP contribution in [0.3, 0.4) is 0 Å². The second-order valence-corrected chi connectivity index (χ2v) is 6.58. The number of nitrogens with one attached hydrogen (secondary N) is 2. The Balaban J connectivity index is 1.56. The minimum absolute atomic E-state index is 0.0186. The van der Waals surface area contributed by atoms with Gasteiger partial charge in [0.1, 0.15) is 13.5 Å². The van der Waals surface area contributed by atoms with Gasteiger partial charge in [0.25, 0.3) is 5.91 Å². The minimum atomic E-state index is -4.45. The first-order chi connectivity index (χ1) is 13.7. The maximum Gasteiger partial charge on any atom is 0.422 e. The van der Waals surface area contributed by atoms with Crippen molar-refractivity contribution < 1.29 is 27.5 Å². The Morgan fingerprint density at radius 3 is 2.69 bits per heavy atom. The number of ether oxygens (including phenoxy) is 1. The summed E-state index contributed by atoms with van der Waals surface area (Å²) in [6.45, 7) is -1.34. The van der Waals surface area contributed by atoms with Crippen LogP contribution in [-0.4, -0.2) is 47.4 Å². The second kappa shape index (κ2) is 8.45. The molecule has 2 aromatic rings. The van der Waals surface area contributed by atoms with E-state index in [-0.39, 0.29) is 35.9 Å². The highest BCUT2D eigenvalue weighted by Gasteiger charge is 2.30. The van der Waals surface area contributed by atoms with Gasteiger partial charge in [-0.25, -0.2) is 15.0 Å². The maximum absolute atomic E-state index is 12.3. The van der Waals surface area contributed by atoms with Crippen molar-refractivity contribution in [2.75, 3.05) is 11.9 Å². The summed E-state index contributed by atoms with van der Waals surface area (Å²) in [5.41, 5.74) is 1.06. The molecule has 8 nitrogen and oxygen atoms in total. The molecule has 0 radical (unpaired) electrons. The zero-order chi connectivity index (χ0) is 21.0. The highest BCUT2D eigenvalue weighted by atomic mass is 19.4. The number of hydrogen-bond donors (Lipinski definition) is 2. The molecule has 1 aliphatic rings. The minimum Gasteiger partial charge on any atom is -0.468 e. The molecule has 2 N–H and O–H groups in total. The zero-order valence-corrected chi connectivity index (χ0v) is 15.4. The molecule has 0 aromatic carbocycles. The number of carbonyl (C=O) groups is 2. The van der Waals surface area contributed by atoms with Gasteiger partial charge in [0.2, 0.25) is 17.7 Å². The predicted octanol–water partition coefficient (Wildman–Crippen LogP) is 0.350. The third-order valence-electron chi connectivity index (χ3n) is 3.98. The number of anilines is 1. The number of nitrogens with zero attached hydrogens (tertiary/aromatic N) is 3. The van der Waals surface area contributed by atoms with Crippen LogP contribution >= 0.6 is 0 Å². The molecule has 0 saturated heterocycles. The Morgan fingerprint density at radius 1 is 1.28 bits per heavy atom. The molecule has 0 aliphatic heterocycles. The van der Waals surface area contributed by atoms with Gasteiger partial charge in [-0.05, 0) is 29.9 Å². The van der Waals surface area contributed by atoms with Gasteiger partial charge in [0.15, 0.2) is 6.61 Å². The Kier molecular flexibility index (Phi) is 5.99. The summed E-state index contributed by atoms with van der Waals surface area (Å²) in [6.07, 6.45) is -0.0998. The molecule has 0 atom stereocenters. The summed E-state index contributed by atoms with van der Waals surface area (Å²) >= 11 is 0. The molecule has 0 bridgehead atoms. The number of alkyl halides is 3. The molecule has 1 saturated carbocycles. The molecule has 3 rings (SSSR count). The van der Waals surface area contributed by atoms with E-state index in [4.69, 9.17) is 0 Å². The van der Waals surface area contributed by atoms with E-state index < -0.39 is 18.7 Å². The van der Waals surface area contributed by atoms with Crippen LogP contribution in [0.15, 0.2) is 24.5 Å². The molecule has 152 valence electrons. The van der Waals surface area contributed by atoms with Crippen LogP contribution in [0.1, 0.15) is 28.9 Å². The second-order valence-electron chi connectivity index (χ2n) is 6.58. The smallest absolute Gasteiger partial charge is 0.422 e. The van der Waals surface area contributed by atoms with E-state index in [1.54, 1.807) is 13.9 Å². The van der Waals surface area contributed by atoms with Crippen LogP contribution in [0.25, 0.3) is 0 Å². The van der Waals surface area contributed by atoms with Crippen LogP contribution in [0.2, 0.25) is 0 Å². The Labute approximate surface area is 164 Å². The third kappa shape index (κ3) is 6.16. The van der Waals surface area contributed by atoms with Crippen molar-refractivity contribution in [2.24, 2.45) is 5.92 Å². The molecule has 0 spiro atoms. The van der Waals surface area contributed by atoms with Gasteiger partial charge in [-0.15, -0.1) is 0 Å². The van der Waals surface area contributed by atoms with Crippen molar-refractivity contribution in [3.63, 3.8) is 0 Å². The SMILES string of the molecule is Bc1cc(CNC(=O)c2ccnc(NC(=O)C3CC3)n2)cnc1OCC(F)(F)F. The first kappa shape index (κ1) is 20.6. The molecule has 1 aliphatic carbocycles. The van der Waals surface area contributed by atoms with Crippen molar-refractivity contribution in [1.29, 1.82) is 0 Å². The number of halogens is 3. The van der Waals surface area contributed by atoms with Gasteiger partial charge >= 0.3 is 6.18 Å². The summed E-state index contributed by atoms with van der Waals surface area (Å²) in [4.78, 5) is 35.8. The van der Waals surface area contributed by atoms with Gasteiger partial charge in [-0.1, -0.05) is 6.07 Å². The number of carbonyl (C=O) groups excluding carboxylic acids is 2. The van der Waals surface area contributed by atoms with Crippen LogP contribution in [0, 0.1) is 5.92 Å². The Bertz CT molecular complexity index is 921. The Morgan fingerprint density at radius 2 is 2.03 bits per heavy atom. The van der Waals surface area contributed by atoms with Crippen molar-refractivity contribution in [1.82, 2.24) is 20.3 Å². The molecule has 12 heteroatoms. The fourth-order valence-electron chi connectivity index (χ4n) is 2.39. The van der Waals surface area contributed by atoms with Crippen molar-refractivity contribution in [2.45, 2.75) is 25.6 Å². The predicted molar refractivity (Wildman–Crippen MR) is 98.5 cm³/mol. The average Bonchev–Trinajstić information content (AvgIpc) is 3.50. The molecular formula is C17H17BF3N5O3. The van der Waals surface area contributed by atoms with Crippen molar-refractivity contribution >= 4 is 31.1 Å². The molecule has 29 heavy (non-hydrogen) atoms. The third-order valence-corrected chi connectivity index (χ3v) is 3.98. The quantitative estimate of drug-likeness (QED) is 0.642. The lowest BCUT2D eigenvalue weighted by Crippen LogP contribution is -2.26. The first-order valence-electron chi connectivity index (χ1n) is 8.78. The summed E-state index contributed by atoms with van der Waals surface area (Å²) < 4.78 is 41.3. The number of pyridine rings is 1. The fraction of sp³-hybridized carbons (Fsp3) is 0.353. The van der Waals surface area contributed by atoms with Gasteiger partial charge in [-0.3, -0.25) is 14.9 Å². The van der Waals surface area contributed by atoms with Gasteiger partial charge in [0, 0.05) is 24.9 Å². The van der Waals surface area contributed by atoms with E-state index in [0.29, 0.717) is 11.0 Å². The van der Waals surface area contributed by atoms with Crippen molar-refractivity contribution in [3.8, 4) is 5.88 Å². The molecule has 2 heterocycles. The molecule has 1 fully saturated rings. The number of hydrogen-bond acceptors (Lipinski definition) is 6. The summed E-state index contributed by atoms with van der Waals surface area (Å²) in [5.74, 6) is -0.751. The lowest BCUT2D eigenvalue weighted by Gasteiger charge is -2.12. The van der Waals surface area contributed by atoms with E-state index >= 15 is 0 Å². The Hall–Kier alpha value is -3.18. The maximum atomic E-state index is 12.3. The van der Waals surface area contributed by atoms with E-state index in [0.717, 1.165) is 12.8 Å². The molecule has 2 aromatic heterocycles. The highest BCUT2D eigenvalue weighted by Crippen LogP contribution is 2.29. The van der Waals surface area contributed by atoms with Gasteiger partial charge < -0.3 is 10.1 Å². The highest BCUT2D eigenvalue weighted by molar-refractivity contribution is 6.34. The van der Waals surface area contributed by atoms with E-state index in [2.05, 4.69) is 30.3 Å². The summed E-state index contributed by atoms with van der Waals surface area (Å²) in [7, 11) is 1.56. The largest absolute Gasteiger partial charge is 0.468 e. The standard InChI is InChI=1S/C17H17BF3N5O3/c18-11-5-9(7-24-15(11)29-8-17(19,20)21)6-23-14(28)12-3-4-22-16(25-12)26-13(27)10-1-2-10/h3-5,7,10H,1-2,6,8,18H2,(H,23,28)(H,22,25,26,27). The van der Waals surface area contributed by atoms with E-state index in [9.17, 15) is 22.8 Å². The fourth-order valence-corrected chi connectivity index (χ4v) is 2.39. The topological polar surface area (TPSA) is 106 Å². The van der Waals surface area contributed by atoms with E-state index in [1.165, 1.54) is 18.5 Å². The van der Waals surface area contributed by atoms with Crippen LogP contribution in [0.4, 0.5) is 19.1 Å². The summed E-state index contributed by atoms with van der Waals surface area (Å²) in [6, 6.07) is 2.97. The van der Waals surface area contributed by atoms with Crippen LogP contribution < -0.4 is 20.8 Å². The van der Waals surface area contributed by atoms with Crippen LogP contribution in [-0.2, 0) is 11.3 Å². The van der Waals surface area contributed by atoms with Crippen LogP contribution in [0.5, 0.6) is 5.88 Å². The van der Waals surface area contributed by atoms with Crippen molar-refractivity contribution in [3.05, 3.63) is 35.8 Å². The van der Waals surface area contributed by atoms with Gasteiger partial charge in [-0.2, -0.15) is 13.2 Å². The zero-order valence-electron chi connectivity index (χ0n) is 15.4. The normalized spacial score (nSPS) is 13.6. The molecule has 2 amide bonds. The summed E-state index contributed by atoms with van der Waals surface area (Å²) in [5, 5.41) is 5.20. The average molecular weight is 407 g/mol. The first-order valence-corrected chi connectivity index (χ1v) is 8.78. The molecule has 0 unspecified atom stereocenters. The van der Waals surface area contributed by atoms with Gasteiger partial charge in [0.05, 0.1) is 0 Å².